The number of benzene rings is 3. The Morgan fingerprint density at radius 1 is 0.703 bits per heavy atom. The number of nitrogens with two attached hydrogens (primary N) is 1. The van der Waals surface area contributed by atoms with Gasteiger partial charge in [-0.15, -0.1) is 0 Å². The molecule has 3 aromatic carbocycles. The quantitative estimate of drug-likeness (QED) is 0.269. The number of anilines is 5. The molecule has 186 valence electrons. The van der Waals surface area contributed by atoms with Gasteiger partial charge in [-0.3, -0.25) is 0 Å². The fraction of sp³-hybridized carbons (Fsp3) is 0.111. The number of rotatable bonds is 8. The summed E-state index contributed by atoms with van der Waals surface area (Å²) in [5.41, 5.74) is 10.7. The Hall–Kier alpha value is -5.12. The summed E-state index contributed by atoms with van der Waals surface area (Å²) in [6.45, 7) is 1.91. The Balaban J connectivity index is 1.55. The van der Waals surface area contributed by atoms with E-state index in [1.165, 1.54) is 4.68 Å². The monoisotopic (exact) mass is 494 g/mol. The van der Waals surface area contributed by atoms with E-state index in [1.54, 1.807) is 14.2 Å². The van der Waals surface area contributed by atoms with Gasteiger partial charge in [0.2, 0.25) is 11.9 Å². The third-order valence-corrected chi connectivity index (χ3v) is 5.66. The van der Waals surface area contributed by atoms with Crippen LogP contribution in [0.15, 0.2) is 78.9 Å². The van der Waals surface area contributed by atoms with Gasteiger partial charge in [-0.05, 0) is 61.0 Å². The molecule has 0 radical (unpaired) electrons. The minimum absolute atomic E-state index is 0.268. The molecular weight excluding hydrogens is 468 g/mol. The van der Waals surface area contributed by atoms with Crippen molar-refractivity contribution in [2.24, 2.45) is 0 Å². The molecule has 5 rings (SSSR count). The topological polar surface area (TPSA) is 125 Å². The van der Waals surface area contributed by atoms with Gasteiger partial charge in [-0.1, -0.05) is 30.3 Å². The zero-order valence-corrected chi connectivity index (χ0v) is 20.6. The van der Waals surface area contributed by atoms with E-state index in [0.717, 1.165) is 39.7 Å². The molecule has 5 aromatic rings. The molecule has 0 saturated carbocycles. The minimum atomic E-state index is 0.268. The van der Waals surface area contributed by atoms with Crippen molar-refractivity contribution in [2.75, 3.05) is 30.6 Å². The Bertz CT molecular complexity index is 1430. The summed E-state index contributed by atoms with van der Waals surface area (Å²) >= 11 is 0. The van der Waals surface area contributed by atoms with E-state index in [0.29, 0.717) is 17.7 Å². The first-order chi connectivity index (χ1) is 18.0. The van der Waals surface area contributed by atoms with Crippen LogP contribution in [0, 0.1) is 6.92 Å². The van der Waals surface area contributed by atoms with Crippen LogP contribution < -0.4 is 25.8 Å². The van der Waals surface area contributed by atoms with Crippen LogP contribution in [-0.2, 0) is 0 Å². The van der Waals surface area contributed by atoms with Crippen molar-refractivity contribution < 1.29 is 9.47 Å². The number of hydrogen-bond acceptors (Lipinski definition) is 9. The second-order valence-electron chi connectivity index (χ2n) is 8.11. The number of nitrogen functional groups attached to an aromatic ring is 1. The second kappa shape index (κ2) is 10.2. The van der Waals surface area contributed by atoms with Crippen molar-refractivity contribution in [2.45, 2.75) is 6.92 Å². The SMILES string of the molecule is COc1ccc(Nc2nc(Nc3ccc(OC)cc3)nc(-n3nc(C)c(-c4ccccc4)c3N)n2)cc1. The molecule has 0 spiro atoms. The summed E-state index contributed by atoms with van der Waals surface area (Å²) in [6, 6.07) is 24.8. The maximum absolute atomic E-state index is 6.57. The summed E-state index contributed by atoms with van der Waals surface area (Å²) in [4.78, 5) is 13.8. The Kier molecular flexibility index (Phi) is 6.54. The minimum Gasteiger partial charge on any atom is -0.497 e. The molecule has 2 aromatic heterocycles. The predicted molar refractivity (Wildman–Crippen MR) is 144 cm³/mol. The zero-order chi connectivity index (χ0) is 25.8. The first kappa shape index (κ1) is 23.6. The zero-order valence-electron chi connectivity index (χ0n) is 20.6. The van der Waals surface area contributed by atoms with E-state index in [2.05, 4.69) is 30.7 Å². The fourth-order valence-corrected chi connectivity index (χ4v) is 3.84. The van der Waals surface area contributed by atoms with E-state index in [-0.39, 0.29) is 5.95 Å². The van der Waals surface area contributed by atoms with Gasteiger partial charge < -0.3 is 25.8 Å². The van der Waals surface area contributed by atoms with Crippen LogP contribution in [0.25, 0.3) is 17.1 Å². The third-order valence-electron chi connectivity index (χ3n) is 5.66. The molecule has 0 aliphatic rings. The Labute approximate surface area is 214 Å². The highest BCUT2D eigenvalue weighted by molar-refractivity contribution is 5.77. The molecule has 2 heterocycles. The highest BCUT2D eigenvalue weighted by atomic mass is 16.5. The molecule has 0 bridgehead atoms. The molecule has 0 aliphatic carbocycles. The predicted octanol–water partition coefficient (Wildman–Crippen LogP) is 5.12. The Morgan fingerprint density at radius 2 is 1.22 bits per heavy atom. The molecule has 4 N–H and O–H groups in total. The van der Waals surface area contributed by atoms with Crippen LogP contribution >= 0.6 is 0 Å². The van der Waals surface area contributed by atoms with Gasteiger partial charge in [-0.25, -0.2) is 0 Å². The van der Waals surface area contributed by atoms with Gasteiger partial charge in [0.25, 0.3) is 5.95 Å². The van der Waals surface area contributed by atoms with Crippen molar-refractivity contribution in [3.05, 3.63) is 84.6 Å². The summed E-state index contributed by atoms with van der Waals surface area (Å²) in [5, 5.41) is 11.1. The first-order valence-corrected chi connectivity index (χ1v) is 11.5. The van der Waals surface area contributed by atoms with Crippen LogP contribution in [0.5, 0.6) is 11.5 Å². The smallest absolute Gasteiger partial charge is 0.259 e. The fourth-order valence-electron chi connectivity index (χ4n) is 3.84. The second-order valence-corrected chi connectivity index (χ2v) is 8.11. The van der Waals surface area contributed by atoms with E-state index in [4.69, 9.17) is 15.2 Å². The number of aromatic nitrogens is 5. The van der Waals surface area contributed by atoms with E-state index in [1.807, 2.05) is 85.8 Å². The highest BCUT2D eigenvalue weighted by Gasteiger charge is 2.19. The molecule has 0 fully saturated rings. The van der Waals surface area contributed by atoms with Crippen molar-refractivity contribution >= 4 is 29.1 Å². The number of ether oxygens (including phenoxy) is 2. The van der Waals surface area contributed by atoms with E-state index in [9.17, 15) is 0 Å². The molecule has 0 unspecified atom stereocenters. The molecule has 0 saturated heterocycles. The number of methoxy groups -OCH3 is 2. The molecule has 0 amide bonds. The van der Waals surface area contributed by atoms with Crippen LogP contribution in [0.1, 0.15) is 5.69 Å². The lowest BCUT2D eigenvalue weighted by molar-refractivity contribution is 0.415. The summed E-state index contributed by atoms with van der Waals surface area (Å²) < 4.78 is 12.0. The van der Waals surface area contributed by atoms with Gasteiger partial charge in [0.05, 0.1) is 19.9 Å². The standard InChI is InChI=1S/C27H26N8O2/c1-17-23(18-7-5-4-6-8-18)24(28)35(34-17)27-32-25(29-19-9-13-21(36-2)14-10-19)31-26(33-27)30-20-11-15-22(37-3)16-12-20/h4-16H,28H2,1-3H3,(H2,29,30,31,32,33). The van der Waals surface area contributed by atoms with Gasteiger partial charge in [0.15, 0.2) is 0 Å². The van der Waals surface area contributed by atoms with Crippen molar-refractivity contribution in [1.82, 2.24) is 24.7 Å². The first-order valence-electron chi connectivity index (χ1n) is 11.5. The van der Waals surface area contributed by atoms with Gasteiger partial charge in [0.1, 0.15) is 17.3 Å². The normalized spacial score (nSPS) is 10.7. The van der Waals surface area contributed by atoms with Gasteiger partial charge in [-0.2, -0.15) is 24.7 Å². The summed E-state index contributed by atoms with van der Waals surface area (Å²) in [5.74, 6) is 2.83. The lowest BCUT2D eigenvalue weighted by atomic mass is 10.1. The number of hydrogen-bond donors (Lipinski definition) is 3. The van der Waals surface area contributed by atoms with E-state index < -0.39 is 0 Å². The highest BCUT2D eigenvalue weighted by Crippen LogP contribution is 2.31. The maximum Gasteiger partial charge on any atom is 0.259 e. The lowest BCUT2D eigenvalue weighted by Crippen LogP contribution is -2.12. The average Bonchev–Trinajstić information content (AvgIpc) is 3.23. The molecule has 0 atom stereocenters. The Morgan fingerprint density at radius 3 is 1.70 bits per heavy atom. The number of nitrogens with one attached hydrogen (secondary N) is 2. The van der Waals surface area contributed by atoms with Crippen LogP contribution in [0.4, 0.5) is 29.1 Å². The largest absolute Gasteiger partial charge is 0.497 e. The maximum atomic E-state index is 6.57. The third kappa shape index (κ3) is 5.13. The van der Waals surface area contributed by atoms with Gasteiger partial charge in [0, 0.05) is 16.9 Å². The average molecular weight is 495 g/mol. The molecule has 37 heavy (non-hydrogen) atoms. The van der Waals surface area contributed by atoms with Gasteiger partial charge >= 0.3 is 0 Å². The molecule has 10 heteroatoms. The lowest BCUT2D eigenvalue weighted by Gasteiger charge is -2.12. The van der Waals surface area contributed by atoms with Crippen molar-refractivity contribution in [1.29, 1.82) is 0 Å². The van der Waals surface area contributed by atoms with E-state index >= 15 is 0 Å². The van der Waals surface area contributed by atoms with Crippen LogP contribution in [0.2, 0.25) is 0 Å². The number of nitrogens with zero attached hydrogens (tertiary/aromatic N) is 5. The van der Waals surface area contributed by atoms with Crippen molar-refractivity contribution in [3.8, 4) is 28.6 Å². The molecule has 0 aliphatic heterocycles. The van der Waals surface area contributed by atoms with Crippen LogP contribution in [0.3, 0.4) is 0 Å². The summed E-state index contributed by atoms with van der Waals surface area (Å²) in [6.07, 6.45) is 0. The molecular formula is C27H26N8O2. The summed E-state index contributed by atoms with van der Waals surface area (Å²) in [7, 11) is 3.25. The van der Waals surface area contributed by atoms with Crippen molar-refractivity contribution in [3.63, 3.8) is 0 Å². The van der Waals surface area contributed by atoms with Crippen LogP contribution in [-0.4, -0.2) is 39.0 Å². The molecule has 10 nitrogen and oxygen atoms in total. The number of aryl methyl sites for hydroxylation is 1.